The number of aliphatic hydroxyl groups excluding tert-OH is 1. The van der Waals surface area contributed by atoms with Gasteiger partial charge in [-0.25, -0.2) is 14.2 Å². The highest BCUT2D eigenvalue weighted by Gasteiger charge is 2.09. The van der Waals surface area contributed by atoms with E-state index in [2.05, 4.69) is 15.6 Å². The number of urea groups is 1. The van der Waals surface area contributed by atoms with Crippen LogP contribution < -0.4 is 10.6 Å². The largest absolute Gasteiger partial charge is 0.387 e. The van der Waals surface area contributed by atoms with E-state index in [0.29, 0.717) is 12.1 Å². The minimum Gasteiger partial charge on any atom is -0.387 e. The van der Waals surface area contributed by atoms with Crippen LogP contribution in [0.15, 0.2) is 29.6 Å². The molecule has 0 saturated heterocycles. The lowest BCUT2D eigenvalue weighted by molar-refractivity contribution is 0.173. The van der Waals surface area contributed by atoms with Crippen molar-refractivity contribution in [1.29, 1.82) is 0 Å². The molecule has 7 heteroatoms. The van der Waals surface area contributed by atoms with Crippen molar-refractivity contribution in [2.45, 2.75) is 19.6 Å². The van der Waals surface area contributed by atoms with E-state index in [4.69, 9.17) is 0 Å². The van der Waals surface area contributed by atoms with E-state index in [1.807, 2.05) is 12.3 Å². The smallest absolute Gasteiger partial charge is 0.315 e. The molecule has 112 valence electrons. The fourth-order valence-corrected chi connectivity index (χ4v) is 2.41. The molecular formula is C14H16FN3O2S. The van der Waals surface area contributed by atoms with Crippen molar-refractivity contribution in [2.24, 2.45) is 0 Å². The van der Waals surface area contributed by atoms with Gasteiger partial charge in [-0.1, -0.05) is 12.1 Å². The molecule has 0 aliphatic carbocycles. The highest BCUT2D eigenvalue weighted by atomic mass is 32.1. The maximum Gasteiger partial charge on any atom is 0.315 e. The van der Waals surface area contributed by atoms with Crippen LogP contribution in [0.3, 0.4) is 0 Å². The van der Waals surface area contributed by atoms with Crippen molar-refractivity contribution >= 4 is 17.4 Å². The molecule has 0 saturated carbocycles. The van der Waals surface area contributed by atoms with E-state index in [1.54, 1.807) is 0 Å². The van der Waals surface area contributed by atoms with Gasteiger partial charge in [0.2, 0.25) is 0 Å². The maximum absolute atomic E-state index is 12.8. The number of carbonyl (C=O) groups is 1. The highest BCUT2D eigenvalue weighted by molar-refractivity contribution is 7.09. The summed E-state index contributed by atoms with van der Waals surface area (Å²) in [6.45, 7) is 2.28. The number of carbonyl (C=O) groups excluding carboxylic acids is 1. The van der Waals surface area contributed by atoms with Crippen LogP contribution in [0.4, 0.5) is 9.18 Å². The predicted molar refractivity (Wildman–Crippen MR) is 78.4 cm³/mol. The SMILES string of the molecule is Cc1csc(CNC(=O)NC[C@@H](O)c2ccc(F)cc2)n1. The molecule has 0 bridgehead atoms. The summed E-state index contributed by atoms with van der Waals surface area (Å²) >= 11 is 1.48. The average Bonchev–Trinajstić information content (AvgIpc) is 2.89. The third kappa shape index (κ3) is 4.80. The monoisotopic (exact) mass is 309 g/mol. The second-order valence-corrected chi connectivity index (χ2v) is 5.46. The molecule has 0 aliphatic heterocycles. The molecule has 0 fully saturated rings. The molecule has 0 aliphatic rings. The van der Waals surface area contributed by atoms with Gasteiger partial charge in [-0.3, -0.25) is 0 Å². The number of amides is 2. The van der Waals surface area contributed by atoms with Gasteiger partial charge in [0.25, 0.3) is 0 Å². The van der Waals surface area contributed by atoms with Crippen LogP contribution in [-0.4, -0.2) is 22.7 Å². The number of rotatable bonds is 5. The Kier molecular flexibility index (Phi) is 5.24. The zero-order chi connectivity index (χ0) is 15.2. The molecule has 1 atom stereocenters. The molecule has 2 amide bonds. The van der Waals surface area contributed by atoms with Gasteiger partial charge in [-0.05, 0) is 24.6 Å². The van der Waals surface area contributed by atoms with Crippen molar-refractivity contribution in [3.63, 3.8) is 0 Å². The Morgan fingerprint density at radius 1 is 1.38 bits per heavy atom. The molecule has 2 rings (SSSR count). The van der Waals surface area contributed by atoms with E-state index >= 15 is 0 Å². The fraction of sp³-hybridized carbons (Fsp3) is 0.286. The van der Waals surface area contributed by atoms with Crippen molar-refractivity contribution in [2.75, 3.05) is 6.54 Å². The Bertz CT molecular complexity index is 601. The third-order valence-corrected chi connectivity index (χ3v) is 3.74. The van der Waals surface area contributed by atoms with Crippen LogP contribution in [0.1, 0.15) is 22.4 Å². The standard InChI is InChI=1S/C14H16FN3O2S/c1-9-8-21-13(18-9)7-17-14(20)16-6-12(19)10-2-4-11(15)5-3-10/h2-5,8,12,19H,6-7H2,1H3,(H2,16,17,20)/t12-/m1/s1. The van der Waals surface area contributed by atoms with E-state index < -0.39 is 6.10 Å². The summed E-state index contributed by atoms with van der Waals surface area (Å²) in [5.74, 6) is -0.365. The van der Waals surface area contributed by atoms with E-state index in [9.17, 15) is 14.3 Å². The van der Waals surface area contributed by atoms with Crippen molar-refractivity contribution < 1.29 is 14.3 Å². The first kappa shape index (κ1) is 15.4. The molecule has 1 aromatic carbocycles. The Balaban J connectivity index is 1.74. The van der Waals surface area contributed by atoms with E-state index in [0.717, 1.165) is 10.7 Å². The summed E-state index contributed by atoms with van der Waals surface area (Å²) in [4.78, 5) is 15.8. The normalized spacial score (nSPS) is 12.0. The number of aliphatic hydroxyl groups is 1. The molecule has 3 N–H and O–H groups in total. The minimum atomic E-state index is -0.876. The Hall–Kier alpha value is -1.99. The van der Waals surface area contributed by atoms with E-state index in [1.165, 1.54) is 35.6 Å². The number of benzene rings is 1. The Morgan fingerprint density at radius 2 is 2.10 bits per heavy atom. The predicted octanol–water partition coefficient (Wildman–Crippen LogP) is 2.12. The van der Waals surface area contributed by atoms with Crippen LogP contribution in [0.25, 0.3) is 0 Å². The van der Waals surface area contributed by atoms with Crippen molar-refractivity contribution in [3.8, 4) is 0 Å². The molecule has 1 aromatic heterocycles. The first-order valence-electron chi connectivity index (χ1n) is 6.41. The van der Waals surface area contributed by atoms with Crippen LogP contribution in [0, 0.1) is 12.7 Å². The Morgan fingerprint density at radius 3 is 2.71 bits per heavy atom. The third-order valence-electron chi connectivity index (χ3n) is 2.78. The van der Waals surface area contributed by atoms with Gasteiger partial charge >= 0.3 is 6.03 Å². The van der Waals surface area contributed by atoms with Gasteiger partial charge in [0.05, 0.1) is 12.6 Å². The number of aryl methyl sites for hydroxylation is 1. The first-order valence-corrected chi connectivity index (χ1v) is 7.29. The number of aromatic nitrogens is 1. The molecule has 0 spiro atoms. The van der Waals surface area contributed by atoms with Crippen LogP contribution in [0.2, 0.25) is 0 Å². The minimum absolute atomic E-state index is 0.0500. The van der Waals surface area contributed by atoms with Gasteiger partial charge in [-0.15, -0.1) is 11.3 Å². The topological polar surface area (TPSA) is 74.2 Å². The van der Waals surface area contributed by atoms with Gasteiger partial charge < -0.3 is 15.7 Å². The zero-order valence-electron chi connectivity index (χ0n) is 11.5. The summed E-state index contributed by atoms with van der Waals surface area (Å²) in [6, 6.07) is 5.12. The maximum atomic E-state index is 12.8. The quantitative estimate of drug-likeness (QED) is 0.792. The first-order chi connectivity index (χ1) is 10.0. The Labute approximate surface area is 125 Å². The second kappa shape index (κ2) is 7.14. The highest BCUT2D eigenvalue weighted by Crippen LogP contribution is 2.12. The van der Waals surface area contributed by atoms with Gasteiger partial charge in [-0.2, -0.15) is 0 Å². The second-order valence-electron chi connectivity index (χ2n) is 4.51. The lowest BCUT2D eigenvalue weighted by atomic mass is 10.1. The fourth-order valence-electron chi connectivity index (χ4n) is 1.69. The number of thiazole rings is 1. The van der Waals surface area contributed by atoms with Gasteiger partial charge in [0.15, 0.2) is 0 Å². The molecule has 2 aromatic rings. The summed E-state index contributed by atoms with van der Waals surface area (Å²) in [5, 5.41) is 17.8. The summed E-state index contributed by atoms with van der Waals surface area (Å²) in [6.07, 6.45) is -0.876. The zero-order valence-corrected chi connectivity index (χ0v) is 12.3. The van der Waals surface area contributed by atoms with Crippen molar-refractivity contribution in [3.05, 3.63) is 51.7 Å². The molecule has 0 radical (unpaired) electrons. The molecule has 1 heterocycles. The number of hydrogen-bond donors (Lipinski definition) is 3. The summed E-state index contributed by atoms with van der Waals surface area (Å²) < 4.78 is 12.8. The number of halogens is 1. The van der Waals surface area contributed by atoms with Gasteiger partial charge in [0, 0.05) is 17.6 Å². The number of nitrogens with zero attached hydrogens (tertiary/aromatic N) is 1. The molecular weight excluding hydrogens is 293 g/mol. The summed E-state index contributed by atoms with van der Waals surface area (Å²) in [7, 11) is 0. The van der Waals surface area contributed by atoms with Gasteiger partial charge in [0.1, 0.15) is 10.8 Å². The average molecular weight is 309 g/mol. The lowest BCUT2D eigenvalue weighted by Crippen LogP contribution is -2.37. The van der Waals surface area contributed by atoms with Crippen LogP contribution in [-0.2, 0) is 6.54 Å². The molecule has 21 heavy (non-hydrogen) atoms. The van der Waals surface area contributed by atoms with Crippen molar-refractivity contribution in [1.82, 2.24) is 15.6 Å². The van der Waals surface area contributed by atoms with E-state index in [-0.39, 0.29) is 18.4 Å². The number of nitrogens with one attached hydrogen (secondary N) is 2. The lowest BCUT2D eigenvalue weighted by Gasteiger charge is -2.12. The molecule has 0 unspecified atom stereocenters. The number of hydrogen-bond acceptors (Lipinski definition) is 4. The summed E-state index contributed by atoms with van der Waals surface area (Å²) in [5.41, 5.74) is 1.47. The van der Waals surface area contributed by atoms with Crippen LogP contribution >= 0.6 is 11.3 Å². The molecule has 5 nitrogen and oxygen atoms in total. The van der Waals surface area contributed by atoms with Crippen LogP contribution in [0.5, 0.6) is 0 Å².